The molecule has 7 nitrogen and oxygen atoms in total. The van der Waals surface area contributed by atoms with Gasteiger partial charge < -0.3 is 15.4 Å². The molecule has 1 unspecified atom stereocenters. The van der Waals surface area contributed by atoms with Crippen LogP contribution in [0.25, 0.3) is 0 Å². The molecule has 0 radical (unpaired) electrons. The molecule has 0 spiro atoms. The summed E-state index contributed by atoms with van der Waals surface area (Å²) in [5.74, 6) is 0.908. The number of rotatable bonds is 9. The van der Waals surface area contributed by atoms with Gasteiger partial charge in [-0.25, -0.2) is 14.4 Å². The van der Waals surface area contributed by atoms with Crippen molar-refractivity contribution in [3.63, 3.8) is 0 Å². The summed E-state index contributed by atoms with van der Waals surface area (Å²) in [6, 6.07) is 0.422. The maximum absolute atomic E-state index is 14.2. The molecule has 0 bridgehead atoms. The number of nitrogens with zero attached hydrogens (tertiary/aromatic N) is 4. The maximum Gasteiger partial charge on any atom is 0.227 e. The second-order valence-electron chi connectivity index (χ2n) is 6.65. The van der Waals surface area contributed by atoms with Gasteiger partial charge in [0.15, 0.2) is 5.50 Å². The van der Waals surface area contributed by atoms with Crippen LogP contribution in [-0.4, -0.2) is 45.5 Å². The van der Waals surface area contributed by atoms with Gasteiger partial charge in [0.1, 0.15) is 0 Å². The Hall–Kier alpha value is -2.13. The highest BCUT2D eigenvalue weighted by atomic mass is 32.2. The van der Waals surface area contributed by atoms with E-state index in [0.29, 0.717) is 24.2 Å². The fourth-order valence-electron chi connectivity index (χ4n) is 3.06. The van der Waals surface area contributed by atoms with Gasteiger partial charge in [0.25, 0.3) is 0 Å². The van der Waals surface area contributed by atoms with Gasteiger partial charge in [0, 0.05) is 18.8 Å². The molecule has 0 aliphatic carbocycles. The molecule has 1 saturated heterocycles. The summed E-state index contributed by atoms with van der Waals surface area (Å²) in [5.41, 5.74) is 0.503. The Morgan fingerprint density at radius 2 is 2.25 bits per heavy atom. The molecule has 1 atom stereocenters. The third kappa shape index (κ3) is 5.45. The number of hydrogen-bond acceptors (Lipinski definition) is 7. The summed E-state index contributed by atoms with van der Waals surface area (Å²) < 4.78 is 21.2. The SMILES string of the molecule is C=C(CC(F)Sc1cnc(Nc2cnn(C3CCNCC3)c2)nc1CC)OC. The van der Waals surface area contributed by atoms with Crippen LogP contribution >= 0.6 is 11.8 Å². The molecule has 0 saturated carbocycles. The molecule has 2 N–H and O–H groups in total. The Morgan fingerprint density at radius 1 is 1.46 bits per heavy atom. The van der Waals surface area contributed by atoms with Crippen molar-refractivity contribution in [2.75, 3.05) is 25.5 Å². The normalized spacial score (nSPS) is 16.0. The molecular weight excluding hydrogens is 379 g/mol. The molecule has 1 fully saturated rings. The number of nitrogens with one attached hydrogen (secondary N) is 2. The molecule has 2 aromatic rings. The average Bonchev–Trinajstić information content (AvgIpc) is 3.18. The lowest BCUT2D eigenvalue weighted by Gasteiger charge is -2.22. The number of allylic oxidation sites excluding steroid dienone is 1. The number of methoxy groups -OCH3 is 1. The molecule has 3 heterocycles. The Labute approximate surface area is 169 Å². The maximum atomic E-state index is 14.2. The van der Waals surface area contributed by atoms with E-state index in [1.54, 1.807) is 12.4 Å². The summed E-state index contributed by atoms with van der Waals surface area (Å²) in [7, 11) is 1.49. The summed E-state index contributed by atoms with van der Waals surface area (Å²) >= 11 is 1.09. The first-order valence-electron chi connectivity index (χ1n) is 9.49. The van der Waals surface area contributed by atoms with Gasteiger partial charge in [-0.2, -0.15) is 5.10 Å². The van der Waals surface area contributed by atoms with Crippen LogP contribution in [0.3, 0.4) is 0 Å². The Bertz CT molecular complexity index is 792. The summed E-state index contributed by atoms with van der Waals surface area (Å²) in [6.45, 7) is 7.69. The van der Waals surface area contributed by atoms with E-state index in [4.69, 9.17) is 4.74 Å². The van der Waals surface area contributed by atoms with Gasteiger partial charge in [-0.15, -0.1) is 0 Å². The summed E-state index contributed by atoms with van der Waals surface area (Å²) in [6.07, 6.45) is 8.41. The number of thioether (sulfide) groups is 1. The van der Waals surface area contributed by atoms with E-state index in [9.17, 15) is 4.39 Å². The van der Waals surface area contributed by atoms with Crippen molar-refractivity contribution in [2.24, 2.45) is 0 Å². The number of aromatic nitrogens is 4. The molecule has 2 aromatic heterocycles. The summed E-state index contributed by atoms with van der Waals surface area (Å²) in [4.78, 5) is 9.63. The van der Waals surface area contributed by atoms with Crippen LogP contribution in [0.1, 0.15) is 37.9 Å². The molecule has 28 heavy (non-hydrogen) atoms. The minimum Gasteiger partial charge on any atom is -0.502 e. The fraction of sp³-hybridized carbons (Fsp3) is 0.526. The van der Waals surface area contributed by atoms with E-state index >= 15 is 0 Å². The second kappa shape index (κ2) is 9.88. The first-order valence-corrected chi connectivity index (χ1v) is 10.4. The standard InChI is InChI=1S/C19H27FN6OS/c1-4-16-17(28-18(20)9-13(2)27-3)11-22-19(25-16)24-14-10-23-26(12-14)15-5-7-21-8-6-15/h10-12,15,18,21H,2,4-9H2,1,3H3,(H,22,24,25). The fourth-order valence-corrected chi connectivity index (χ4v) is 4.05. The highest BCUT2D eigenvalue weighted by molar-refractivity contribution is 7.99. The molecule has 1 aliphatic rings. The van der Waals surface area contributed by atoms with Crippen LogP contribution in [-0.2, 0) is 11.2 Å². The molecular formula is C19H27FN6OS. The minimum atomic E-state index is -1.15. The zero-order valence-corrected chi connectivity index (χ0v) is 17.1. The van der Waals surface area contributed by atoms with E-state index in [1.165, 1.54) is 7.11 Å². The van der Waals surface area contributed by atoms with E-state index in [0.717, 1.165) is 54.0 Å². The topological polar surface area (TPSA) is 76.9 Å². The number of piperidine rings is 1. The quantitative estimate of drug-likeness (QED) is 0.484. The third-order valence-corrected chi connectivity index (χ3v) is 5.65. The molecule has 1 aliphatic heterocycles. The van der Waals surface area contributed by atoms with Crippen LogP contribution in [0.5, 0.6) is 0 Å². The predicted octanol–water partition coefficient (Wildman–Crippen LogP) is 3.84. The van der Waals surface area contributed by atoms with Gasteiger partial charge in [-0.1, -0.05) is 25.3 Å². The predicted molar refractivity (Wildman–Crippen MR) is 110 cm³/mol. The molecule has 0 amide bonds. The number of halogens is 1. The van der Waals surface area contributed by atoms with Crippen molar-refractivity contribution in [2.45, 2.75) is 49.0 Å². The number of alkyl halides is 1. The zero-order valence-electron chi connectivity index (χ0n) is 16.3. The Balaban J connectivity index is 1.65. The molecule has 152 valence electrons. The van der Waals surface area contributed by atoms with E-state index in [-0.39, 0.29) is 6.42 Å². The number of hydrogen-bond donors (Lipinski definition) is 2. The van der Waals surface area contributed by atoms with E-state index in [2.05, 4.69) is 32.3 Å². The first kappa shape index (κ1) is 20.6. The second-order valence-corrected chi connectivity index (χ2v) is 7.84. The van der Waals surface area contributed by atoms with Crippen LogP contribution in [0.4, 0.5) is 16.0 Å². The van der Waals surface area contributed by atoms with Crippen molar-refractivity contribution < 1.29 is 9.13 Å². The Morgan fingerprint density at radius 3 is 2.96 bits per heavy atom. The van der Waals surface area contributed by atoms with Crippen LogP contribution in [0.15, 0.2) is 35.8 Å². The van der Waals surface area contributed by atoms with Crippen molar-refractivity contribution in [3.05, 3.63) is 36.6 Å². The van der Waals surface area contributed by atoms with Gasteiger partial charge in [-0.3, -0.25) is 4.68 Å². The van der Waals surface area contributed by atoms with Gasteiger partial charge in [0.05, 0.1) is 41.4 Å². The number of aryl methyl sites for hydroxylation is 1. The van der Waals surface area contributed by atoms with E-state index in [1.807, 2.05) is 17.8 Å². The molecule has 3 rings (SSSR count). The highest BCUT2D eigenvalue weighted by Gasteiger charge is 2.17. The highest BCUT2D eigenvalue weighted by Crippen LogP contribution is 2.31. The van der Waals surface area contributed by atoms with Gasteiger partial charge in [0.2, 0.25) is 5.95 Å². The van der Waals surface area contributed by atoms with Crippen LogP contribution in [0.2, 0.25) is 0 Å². The van der Waals surface area contributed by atoms with Crippen molar-refractivity contribution in [1.29, 1.82) is 0 Å². The third-order valence-electron chi connectivity index (χ3n) is 4.64. The van der Waals surface area contributed by atoms with Gasteiger partial charge in [-0.05, 0) is 32.4 Å². The first-order chi connectivity index (χ1) is 13.6. The lowest BCUT2D eigenvalue weighted by Crippen LogP contribution is -2.29. The van der Waals surface area contributed by atoms with Crippen molar-refractivity contribution in [3.8, 4) is 0 Å². The average molecular weight is 407 g/mol. The monoisotopic (exact) mass is 406 g/mol. The smallest absolute Gasteiger partial charge is 0.227 e. The largest absolute Gasteiger partial charge is 0.502 e. The lowest BCUT2D eigenvalue weighted by molar-refractivity contribution is 0.262. The van der Waals surface area contributed by atoms with Crippen molar-refractivity contribution >= 4 is 23.4 Å². The van der Waals surface area contributed by atoms with E-state index < -0.39 is 5.50 Å². The lowest BCUT2D eigenvalue weighted by atomic mass is 10.1. The number of ether oxygens (including phenoxy) is 1. The Kier molecular flexibility index (Phi) is 7.27. The van der Waals surface area contributed by atoms with Crippen LogP contribution in [0, 0.1) is 0 Å². The van der Waals surface area contributed by atoms with Crippen LogP contribution < -0.4 is 10.6 Å². The molecule has 9 heteroatoms. The summed E-state index contributed by atoms with van der Waals surface area (Å²) in [5, 5.41) is 11.0. The van der Waals surface area contributed by atoms with Gasteiger partial charge >= 0.3 is 0 Å². The van der Waals surface area contributed by atoms with Crippen molar-refractivity contribution in [1.82, 2.24) is 25.1 Å². The minimum absolute atomic E-state index is 0.139. The molecule has 0 aromatic carbocycles. The zero-order chi connectivity index (χ0) is 19.9. The number of anilines is 2.